The zero-order chi connectivity index (χ0) is 21.5. The van der Waals surface area contributed by atoms with Crippen LogP contribution >= 0.6 is 0 Å². The average molecular weight is 417 g/mol. The lowest BCUT2D eigenvalue weighted by atomic mass is 10.1. The van der Waals surface area contributed by atoms with Gasteiger partial charge in [0.1, 0.15) is 5.52 Å². The minimum absolute atomic E-state index is 0.668. The number of rotatable bonds is 5. The number of unbranched alkanes of at least 4 members (excludes halogenated alkanes) is 1. The molecule has 2 aromatic heterocycles. The summed E-state index contributed by atoms with van der Waals surface area (Å²) in [4.78, 5) is 4.77. The van der Waals surface area contributed by atoms with Crippen LogP contribution in [0, 0.1) is 0 Å². The Labute approximate surface area is 186 Å². The highest BCUT2D eigenvalue weighted by atomic mass is 16.3. The number of hydrogen-bond acceptors (Lipinski definition) is 2. The first-order valence-electron chi connectivity index (χ1n) is 11.3. The van der Waals surface area contributed by atoms with E-state index < -0.39 is 0 Å². The fraction of sp³-hybridized carbons (Fsp3) is 0.138. The van der Waals surface area contributed by atoms with Gasteiger partial charge >= 0.3 is 0 Å². The van der Waals surface area contributed by atoms with E-state index in [9.17, 15) is 0 Å². The molecule has 0 N–H and O–H groups in total. The van der Waals surface area contributed by atoms with E-state index in [-0.39, 0.29) is 0 Å². The summed E-state index contributed by atoms with van der Waals surface area (Å²) >= 11 is 0. The van der Waals surface area contributed by atoms with Gasteiger partial charge in [0.15, 0.2) is 5.58 Å². The summed E-state index contributed by atoms with van der Waals surface area (Å²) in [6.07, 6.45) is 3.48. The predicted molar refractivity (Wildman–Crippen MR) is 132 cm³/mol. The maximum Gasteiger partial charge on any atom is 0.227 e. The van der Waals surface area contributed by atoms with Gasteiger partial charge in [-0.1, -0.05) is 55.8 Å². The van der Waals surface area contributed by atoms with Crippen molar-refractivity contribution in [1.82, 2.24) is 9.55 Å². The summed E-state index contributed by atoms with van der Waals surface area (Å²) in [5.74, 6) is 0.668. The Balaban J connectivity index is 1.40. The van der Waals surface area contributed by atoms with Crippen LogP contribution in [0.4, 0.5) is 0 Å². The van der Waals surface area contributed by atoms with Gasteiger partial charge in [-0.3, -0.25) is 0 Å². The Morgan fingerprint density at radius 2 is 1.47 bits per heavy atom. The van der Waals surface area contributed by atoms with E-state index in [4.69, 9.17) is 9.40 Å². The molecule has 0 aliphatic carbocycles. The molecule has 0 aliphatic rings. The van der Waals surface area contributed by atoms with E-state index in [2.05, 4.69) is 96.4 Å². The number of aryl methyl sites for hydroxylation is 1. The normalized spacial score (nSPS) is 11.7. The van der Waals surface area contributed by atoms with Crippen molar-refractivity contribution in [2.75, 3.05) is 0 Å². The molecule has 6 aromatic rings. The third-order valence-corrected chi connectivity index (χ3v) is 6.22. The van der Waals surface area contributed by atoms with Crippen LogP contribution < -0.4 is 0 Å². The number of nitrogens with zero attached hydrogens (tertiary/aromatic N) is 2. The largest absolute Gasteiger partial charge is 0.436 e. The Morgan fingerprint density at radius 1 is 0.781 bits per heavy atom. The van der Waals surface area contributed by atoms with Gasteiger partial charge in [-0.25, -0.2) is 4.98 Å². The summed E-state index contributed by atoms with van der Waals surface area (Å²) in [5, 5.41) is 2.54. The molecular formula is C29H24N2O. The first kappa shape index (κ1) is 18.9. The fourth-order valence-electron chi connectivity index (χ4n) is 4.59. The SMILES string of the molecule is CCCCc1ccc2oc(-c3ccc(-n4c5ccccc5c5ccccc54)cc3)nc2c1. The van der Waals surface area contributed by atoms with Crippen LogP contribution in [0.1, 0.15) is 25.3 Å². The van der Waals surface area contributed by atoms with Crippen molar-refractivity contribution in [2.45, 2.75) is 26.2 Å². The van der Waals surface area contributed by atoms with Crippen molar-refractivity contribution in [3.63, 3.8) is 0 Å². The second-order valence-electron chi connectivity index (χ2n) is 8.34. The molecule has 32 heavy (non-hydrogen) atoms. The second kappa shape index (κ2) is 7.69. The van der Waals surface area contributed by atoms with Crippen molar-refractivity contribution in [3.05, 3.63) is 96.6 Å². The molecule has 3 heteroatoms. The second-order valence-corrected chi connectivity index (χ2v) is 8.34. The molecule has 0 bridgehead atoms. The van der Waals surface area contributed by atoms with E-state index in [0.29, 0.717) is 5.89 Å². The molecular weight excluding hydrogens is 392 g/mol. The van der Waals surface area contributed by atoms with Crippen LogP contribution in [0.25, 0.3) is 50.0 Å². The number of fused-ring (bicyclic) bond motifs is 4. The van der Waals surface area contributed by atoms with Crippen molar-refractivity contribution >= 4 is 32.9 Å². The lowest BCUT2D eigenvalue weighted by Crippen LogP contribution is -1.93. The maximum atomic E-state index is 6.07. The van der Waals surface area contributed by atoms with Gasteiger partial charge in [0, 0.05) is 22.0 Å². The highest BCUT2D eigenvalue weighted by Crippen LogP contribution is 2.33. The van der Waals surface area contributed by atoms with E-state index in [1.807, 2.05) is 6.07 Å². The van der Waals surface area contributed by atoms with Crippen molar-refractivity contribution in [2.24, 2.45) is 0 Å². The molecule has 3 nitrogen and oxygen atoms in total. The highest BCUT2D eigenvalue weighted by Gasteiger charge is 2.13. The third-order valence-electron chi connectivity index (χ3n) is 6.22. The molecule has 4 aromatic carbocycles. The van der Waals surface area contributed by atoms with E-state index in [1.54, 1.807) is 0 Å². The summed E-state index contributed by atoms with van der Waals surface area (Å²) in [5.41, 5.74) is 7.63. The quantitative estimate of drug-likeness (QED) is 0.286. The molecule has 0 saturated carbocycles. The lowest BCUT2D eigenvalue weighted by Gasteiger charge is -2.08. The number of aromatic nitrogens is 2. The molecule has 6 rings (SSSR count). The van der Waals surface area contributed by atoms with Crippen LogP contribution in [-0.4, -0.2) is 9.55 Å². The van der Waals surface area contributed by atoms with Crippen molar-refractivity contribution in [3.8, 4) is 17.1 Å². The van der Waals surface area contributed by atoms with Gasteiger partial charge in [-0.05, 0) is 66.9 Å². The van der Waals surface area contributed by atoms with Crippen molar-refractivity contribution < 1.29 is 4.42 Å². The first-order valence-corrected chi connectivity index (χ1v) is 11.3. The Bertz CT molecular complexity index is 1500. The molecule has 0 aliphatic heterocycles. The van der Waals surface area contributed by atoms with E-state index in [1.165, 1.54) is 40.2 Å². The maximum absolute atomic E-state index is 6.07. The zero-order valence-corrected chi connectivity index (χ0v) is 18.1. The Kier molecular flexibility index (Phi) is 4.53. The topological polar surface area (TPSA) is 31.0 Å². The number of para-hydroxylation sites is 2. The summed E-state index contributed by atoms with van der Waals surface area (Å²) < 4.78 is 8.39. The zero-order valence-electron chi connectivity index (χ0n) is 18.1. The number of oxazole rings is 1. The Morgan fingerprint density at radius 3 is 2.16 bits per heavy atom. The summed E-state index contributed by atoms with van der Waals surface area (Å²) in [6, 6.07) is 32.0. The van der Waals surface area contributed by atoms with Crippen LogP contribution in [-0.2, 0) is 6.42 Å². The molecule has 0 saturated heterocycles. The third kappa shape index (κ3) is 3.09. The Hall–Kier alpha value is -3.85. The molecule has 0 amide bonds. The summed E-state index contributed by atoms with van der Waals surface area (Å²) in [7, 11) is 0. The molecule has 0 radical (unpaired) electrons. The lowest BCUT2D eigenvalue weighted by molar-refractivity contribution is 0.619. The van der Waals surface area contributed by atoms with E-state index in [0.717, 1.165) is 28.8 Å². The number of hydrogen-bond donors (Lipinski definition) is 0. The van der Waals surface area contributed by atoms with Gasteiger partial charge in [-0.2, -0.15) is 0 Å². The predicted octanol–water partition coefficient (Wildman–Crippen LogP) is 7.93. The fourth-order valence-corrected chi connectivity index (χ4v) is 4.59. The van der Waals surface area contributed by atoms with Crippen LogP contribution in [0.3, 0.4) is 0 Å². The molecule has 0 spiro atoms. The molecule has 0 fully saturated rings. The van der Waals surface area contributed by atoms with Gasteiger partial charge in [0.25, 0.3) is 0 Å². The monoisotopic (exact) mass is 416 g/mol. The molecule has 0 atom stereocenters. The molecule has 2 heterocycles. The van der Waals surface area contributed by atoms with Gasteiger partial charge < -0.3 is 8.98 Å². The van der Waals surface area contributed by atoms with E-state index >= 15 is 0 Å². The average Bonchev–Trinajstić information content (AvgIpc) is 3.42. The standard InChI is InChI=1S/C29H24N2O/c1-2-3-8-20-13-18-28-25(19-20)30-29(32-28)21-14-16-22(17-15-21)31-26-11-6-4-9-23(26)24-10-5-7-12-27(24)31/h4-7,9-19H,2-3,8H2,1H3. The minimum atomic E-state index is 0.668. The van der Waals surface area contributed by atoms with Crippen LogP contribution in [0.15, 0.2) is 95.4 Å². The minimum Gasteiger partial charge on any atom is -0.436 e. The molecule has 0 unspecified atom stereocenters. The highest BCUT2D eigenvalue weighted by molar-refractivity contribution is 6.09. The first-order chi connectivity index (χ1) is 15.8. The van der Waals surface area contributed by atoms with Crippen molar-refractivity contribution in [1.29, 1.82) is 0 Å². The van der Waals surface area contributed by atoms with Crippen LogP contribution in [0.5, 0.6) is 0 Å². The summed E-state index contributed by atoms with van der Waals surface area (Å²) in [6.45, 7) is 2.22. The smallest absolute Gasteiger partial charge is 0.227 e. The van der Waals surface area contributed by atoms with Gasteiger partial charge in [0.2, 0.25) is 5.89 Å². The van der Waals surface area contributed by atoms with Crippen LogP contribution in [0.2, 0.25) is 0 Å². The van der Waals surface area contributed by atoms with Gasteiger partial charge in [0.05, 0.1) is 11.0 Å². The molecule has 156 valence electrons. The number of benzene rings is 4. The van der Waals surface area contributed by atoms with Gasteiger partial charge in [-0.15, -0.1) is 0 Å².